The highest BCUT2D eigenvalue weighted by molar-refractivity contribution is 5.81. The predicted octanol–water partition coefficient (Wildman–Crippen LogP) is 2.41. The Balaban J connectivity index is 2.39. The highest BCUT2D eigenvalue weighted by Gasteiger charge is 2.30. The Bertz CT molecular complexity index is 310. The molecule has 96 valence electrons. The van der Waals surface area contributed by atoms with E-state index in [1.165, 1.54) is 7.11 Å². The molecule has 0 fully saturated rings. The SMILES string of the molecule is C=CCCCCC1=[N+]([O-])C(CC(=O)OC)CC1. The molecule has 0 aromatic rings. The summed E-state index contributed by atoms with van der Waals surface area (Å²) in [4.78, 5) is 11.1. The van der Waals surface area contributed by atoms with E-state index in [9.17, 15) is 10.0 Å². The molecule has 0 saturated carbocycles. The van der Waals surface area contributed by atoms with E-state index in [4.69, 9.17) is 0 Å². The zero-order chi connectivity index (χ0) is 12.7. The molecule has 1 atom stereocenters. The lowest BCUT2D eigenvalue weighted by atomic mass is 10.1. The first-order chi connectivity index (χ1) is 8.19. The first kappa shape index (κ1) is 13.7. The number of hydrogen-bond acceptors (Lipinski definition) is 3. The zero-order valence-electron chi connectivity index (χ0n) is 10.5. The van der Waals surface area contributed by atoms with E-state index in [1.807, 2.05) is 6.08 Å². The van der Waals surface area contributed by atoms with Gasteiger partial charge in [0.05, 0.1) is 7.11 Å². The maximum Gasteiger partial charge on any atom is 0.312 e. The van der Waals surface area contributed by atoms with Gasteiger partial charge < -0.3 is 9.94 Å². The summed E-state index contributed by atoms with van der Waals surface area (Å²) in [7, 11) is 1.35. The molecule has 1 unspecified atom stereocenters. The number of esters is 1. The van der Waals surface area contributed by atoms with Crippen LogP contribution in [0.15, 0.2) is 12.7 Å². The van der Waals surface area contributed by atoms with Crippen LogP contribution in [-0.4, -0.2) is 29.6 Å². The van der Waals surface area contributed by atoms with Gasteiger partial charge in [-0.15, -0.1) is 6.58 Å². The molecule has 1 aliphatic heterocycles. The molecule has 0 spiro atoms. The van der Waals surface area contributed by atoms with Crippen molar-refractivity contribution in [1.82, 2.24) is 0 Å². The number of hydrogen-bond donors (Lipinski definition) is 0. The molecule has 1 rings (SSSR count). The van der Waals surface area contributed by atoms with Gasteiger partial charge in [0, 0.05) is 19.3 Å². The molecule has 0 aromatic carbocycles. The van der Waals surface area contributed by atoms with Gasteiger partial charge >= 0.3 is 5.97 Å². The molecule has 0 saturated heterocycles. The fourth-order valence-electron chi connectivity index (χ4n) is 2.13. The van der Waals surface area contributed by atoms with Crippen LogP contribution >= 0.6 is 0 Å². The second-order valence-electron chi connectivity index (χ2n) is 4.40. The summed E-state index contributed by atoms with van der Waals surface area (Å²) >= 11 is 0. The molecule has 0 aromatic heterocycles. The predicted molar refractivity (Wildman–Crippen MR) is 67.0 cm³/mol. The van der Waals surface area contributed by atoms with Crippen LogP contribution in [0.25, 0.3) is 0 Å². The van der Waals surface area contributed by atoms with Gasteiger partial charge in [0.1, 0.15) is 6.42 Å². The van der Waals surface area contributed by atoms with Crippen molar-refractivity contribution in [1.29, 1.82) is 0 Å². The highest BCUT2D eigenvalue weighted by Crippen LogP contribution is 2.19. The Morgan fingerprint density at radius 1 is 1.65 bits per heavy atom. The third-order valence-electron chi connectivity index (χ3n) is 3.16. The summed E-state index contributed by atoms with van der Waals surface area (Å²) in [5.74, 6) is -0.302. The Labute approximate surface area is 103 Å². The van der Waals surface area contributed by atoms with Crippen molar-refractivity contribution in [2.75, 3.05) is 7.11 Å². The molecular weight excluding hydrogens is 218 g/mol. The van der Waals surface area contributed by atoms with E-state index in [1.54, 1.807) is 0 Å². The lowest BCUT2D eigenvalue weighted by Crippen LogP contribution is -2.23. The van der Waals surface area contributed by atoms with E-state index < -0.39 is 0 Å². The van der Waals surface area contributed by atoms with Gasteiger partial charge in [-0.3, -0.25) is 4.79 Å². The average molecular weight is 239 g/mol. The van der Waals surface area contributed by atoms with E-state index in [0.29, 0.717) is 0 Å². The molecule has 0 aliphatic carbocycles. The fourth-order valence-corrected chi connectivity index (χ4v) is 2.13. The maximum absolute atomic E-state index is 11.9. The summed E-state index contributed by atoms with van der Waals surface area (Å²) in [6.45, 7) is 3.67. The number of carbonyl (C=O) groups is 1. The zero-order valence-corrected chi connectivity index (χ0v) is 10.5. The molecule has 4 nitrogen and oxygen atoms in total. The summed E-state index contributed by atoms with van der Waals surface area (Å²) < 4.78 is 5.62. The van der Waals surface area contributed by atoms with Gasteiger partial charge in [-0.05, 0) is 19.3 Å². The topological polar surface area (TPSA) is 52.4 Å². The fraction of sp³-hybridized carbons (Fsp3) is 0.692. The maximum atomic E-state index is 11.9. The number of unbranched alkanes of at least 4 members (excludes halogenated alkanes) is 2. The summed E-state index contributed by atoms with van der Waals surface area (Å²) in [6, 6.07) is -0.211. The molecule has 0 amide bonds. The van der Waals surface area contributed by atoms with Crippen LogP contribution in [0.2, 0.25) is 0 Å². The molecular formula is C13H21NO3. The number of nitrogens with zero attached hydrogens (tertiary/aromatic N) is 1. The number of methoxy groups -OCH3 is 1. The Morgan fingerprint density at radius 3 is 3.06 bits per heavy atom. The van der Waals surface area contributed by atoms with Gasteiger partial charge in [0.25, 0.3) is 0 Å². The van der Waals surface area contributed by atoms with E-state index >= 15 is 0 Å². The lowest BCUT2D eigenvalue weighted by molar-refractivity contribution is -0.492. The van der Waals surface area contributed by atoms with Crippen molar-refractivity contribution in [2.45, 2.75) is 51.0 Å². The first-order valence-electron chi connectivity index (χ1n) is 6.17. The number of hydroxylamine groups is 1. The van der Waals surface area contributed by atoms with Crippen molar-refractivity contribution >= 4 is 11.7 Å². The summed E-state index contributed by atoms with van der Waals surface area (Å²) in [5.41, 5.74) is 0.933. The van der Waals surface area contributed by atoms with Crippen molar-refractivity contribution in [2.24, 2.45) is 0 Å². The Kier molecular flexibility index (Phi) is 5.73. The highest BCUT2D eigenvalue weighted by atomic mass is 16.5. The second kappa shape index (κ2) is 7.09. The van der Waals surface area contributed by atoms with Crippen LogP contribution in [0.5, 0.6) is 0 Å². The lowest BCUT2D eigenvalue weighted by Gasteiger charge is -2.10. The third-order valence-corrected chi connectivity index (χ3v) is 3.16. The number of allylic oxidation sites excluding steroid dienone is 1. The molecule has 17 heavy (non-hydrogen) atoms. The van der Waals surface area contributed by atoms with Crippen LogP contribution in [-0.2, 0) is 9.53 Å². The number of ether oxygens (including phenoxy) is 1. The smallest absolute Gasteiger partial charge is 0.312 e. The van der Waals surface area contributed by atoms with Gasteiger partial charge in [0.15, 0.2) is 11.8 Å². The summed E-state index contributed by atoms with van der Waals surface area (Å²) in [6.07, 6.45) is 7.62. The molecule has 4 heteroatoms. The summed E-state index contributed by atoms with van der Waals surface area (Å²) in [5, 5.41) is 11.9. The normalized spacial score (nSPS) is 19.5. The minimum Gasteiger partial charge on any atom is -0.624 e. The van der Waals surface area contributed by atoms with Crippen molar-refractivity contribution < 1.29 is 14.3 Å². The van der Waals surface area contributed by atoms with Crippen molar-refractivity contribution in [3.63, 3.8) is 0 Å². The largest absolute Gasteiger partial charge is 0.624 e. The third kappa shape index (κ3) is 4.21. The minimum atomic E-state index is -0.302. The Morgan fingerprint density at radius 2 is 2.41 bits per heavy atom. The monoisotopic (exact) mass is 239 g/mol. The van der Waals surface area contributed by atoms with Crippen LogP contribution in [0.3, 0.4) is 0 Å². The van der Waals surface area contributed by atoms with E-state index in [0.717, 1.165) is 49.0 Å². The van der Waals surface area contributed by atoms with Crippen LogP contribution < -0.4 is 0 Å². The van der Waals surface area contributed by atoms with Crippen LogP contribution in [0.1, 0.15) is 44.9 Å². The molecule has 0 radical (unpaired) electrons. The number of rotatable bonds is 7. The van der Waals surface area contributed by atoms with Gasteiger partial charge in [0.2, 0.25) is 0 Å². The standard InChI is InChI=1S/C13H21NO3/c1-3-4-5-6-7-11-8-9-12(14(11)16)10-13(15)17-2/h3,12H,1,4-10H2,2H3. The van der Waals surface area contributed by atoms with Crippen LogP contribution in [0.4, 0.5) is 0 Å². The molecule has 1 aliphatic rings. The Hall–Kier alpha value is -1.32. The minimum absolute atomic E-state index is 0.205. The van der Waals surface area contributed by atoms with Gasteiger partial charge in [-0.25, -0.2) is 4.74 Å². The first-order valence-corrected chi connectivity index (χ1v) is 6.17. The van der Waals surface area contributed by atoms with E-state index in [-0.39, 0.29) is 18.4 Å². The van der Waals surface area contributed by atoms with Gasteiger partial charge in [-0.2, -0.15) is 0 Å². The average Bonchev–Trinajstić information content (AvgIpc) is 2.67. The van der Waals surface area contributed by atoms with Crippen molar-refractivity contribution in [3.8, 4) is 0 Å². The van der Waals surface area contributed by atoms with Crippen LogP contribution in [0, 0.1) is 5.21 Å². The van der Waals surface area contributed by atoms with Crippen molar-refractivity contribution in [3.05, 3.63) is 17.9 Å². The number of carbonyl (C=O) groups excluding carboxylic acids is 1. The van der Waals surface area contributed by atoms with Gasteiger partial charge in [-0.1, -0.05) is 6.08 Å². The molecule has 0 bridgehead atoms. The molecule has 1 heterocycles. The molecule has 0 N–H and O–H groups in total. The van der Waals surface area contributed by atoms with E-state index in [2.05, 4.69) is 11.3 Å². The second-order valence-corrected chi connectivity index (χ2v) is 4.40. The quantitative estimate of drug-likeness (QED) is 0.225.